The van der Waals surface area contributed by atoms with Gasteiger partial charge in [0, 0.05) is 54.6 Å². The molecule has 1 atom stereocenters. The van der Waals surface area contributed by atoms with Crippen LogP contribution in [-0.4, -0.2) is 117 Å². The minimum absolute atomic E-state index is 0.114. The van der Waals surface area contributed by atoms with Gasteiger partial charge in [-0.15, -0.1) is 0 Å². The van der Waals surface area contributed by atoms with Crippen LogP contribution in [0, 0.1) is 17.8 Å². The topological polar surface area (TPSA) is 221 Å². The Morgan fingerprint density at radius 3 is 1.30 bits per heavy atom. The van der Waals surface area contributed by atoms with E-state index in [9.17, 15) is 28.8 Å². The first-order valence-corrected chi connectivity index (χ1v) is 31.3. The number of allylic oxidation sites excluding steroid dienone is 2. The fourth-order valence-electron chi connectivity index (χ4n) is 10.8. The van der Waals surface area contributed by atoms with E-state index >= 15 is 0 Å². The van der Waals surface area contributed by atoms with Crippen molar-refractivity contribution >= 4 is 57.1 Å². The maximum absolute atomic E-state index is 13.3. The van der Waals surface area contributed by atoms with E-state index in [0.29, 0.717) is 23.1 Å². The van der Waals surface area contributed by atoms with Gasteiger partial charge in [0.05, 0.1) is 44.6 Å². The second-order valence-corrected chi connectivity index (χ2v) is 25.6. The van der Waals surface area contributed by atoms with Crippen LogP contribution in [0.5, 0.6) is 11.5 Å². The van der Waals surface area contributed by atoms with Crippen molar-refractivity contribution in [1.82, 2.24) is 40.4 Å². The summed E-state index contributed by atoms with van der Waals surface area (Å²) in [6.07, 6.45) is 20.3. The van der Waals surface area contributed by atoms with Crippen LogP contribution >= 0.6 is 15.9 Å². The molecule has 1 unspecified atom stereocenters. The predicted octanol–water partition coefficient (Wildman–Crippen LogP) is 11.5. The summed E-state index contributed by atoms with van der Waals surface area (Å²) in [4.78, 5) is 97.5. The Kier molecular flexibility index (Phi) is 25.1. The van der Waals surface area contributed by atoms with Crippen molar-refractivity contribution in [3.8, 4) is 34.3 Å². The second kappa shape index (κ2) is 32.8. The van der Waals surface area contributed by atoms with Gasteiger partial charge in [0.1, 0.15) is 35.8 Å². The van der Waals surface area contributed by atoms with E-state index in [4.69, 9.17) is 28.9 Å². The zero-order valence-corrected chi connectivity index (χ0v) is 54.4. The lowest BCUT2D eigenvalue weighted by atomic mass is 9.71. The van der Waals surface area contributed by atoms with Gasteiger partial charge in [-0.1, -0.05) is 105 Å². The Labute approximate surface area is 532 Å². The molecule has 0 aliphatic heterocycles. The molecule has 2 N–H and O–H groups in total. The number of esters is 2. The number of nitrogens with zero attached hydrogens (tertiary/aromatic N) is 6. The fraction of sp³-hybridized carbons (Fsp3) is 0.429. The molecule has 19 heteroatoms. The molecule has 0 radical (unpaired) electrons. The van der Waals surface area contributed by atoms with Gasteiger partial charge >= 0.3 is 11.9 Å². The van der Waals surface area contributed by atoms with Gasteiger partial charge in [-0.05, 0) is 159 Å². The molecule has 2 aromatic heterocycles. The summed E-state index contributed by atoms with van der Waals surface area (Å²) in [5, 5.41) is 5.34. The fourth-order valence-corrected chi connectivity index (χ4v) is 11.0. The van der Waals surface area contributed by atoms with Gasteiger partial charge in [-0.2, -0.15) is 0 Å². The minimum Gasteiger partial charge on any atom is -0.497 e. The van der Waals surface area contributed by atoms with Crippen molar-refractivity contribution in [3.63, 3.8) is 0 Å². The summed E-state index contributed by atoms with van der Waals surface area (Å²) in [7, 11) is 3.15. The standard InChI is InChI=1S/C42H54N4O5.C28H31BrN4O5/c1-6-29-7-13-32(14-8-29)33-17-19-34(20-18-33)36-24-44-41(45-25-36)35-15-9-31(10-16-35)27-46(28-40(49)51-42(2,3)4)39(48)26-43-38(47)23-30-11-21-37(50-5)22-12-30;1-28(2,3)38-26(36)18-33(17-20-5-9-21(10-6-20)27-31-14-22(29)15-32-27)25(35)16-30-24(34)13-19-7-11-23(37-4)12-8-19/h9-12,15-16,19,21-22,24-25,29,32-33H,6-8,13-14,17-18,20,23,26-28H2,1-5H3,(H,43,47);5-12,14-15H,13,16-18H2,1-4H3,(H,30,34). The normalized spacial score (nSPS) is 15.6. The van der Waals surface area contributed by atoms with E-state index < -0.39 is 29.0 Å². The lowest BCUT2D eigenvalue weighted by Gasteiger charge is -2.35. The Balaban J connectivity index is 0.000000265. The average Bonchev–Trinajstić information content (AvgIpc) is 2.89. The number of ether oxygens (including phenoxy) is 4. The third-order valence-corrected chi connectivity index (χ3v) is 15.9. The number of rotatable bonds is 23. The molecule has 89 heavy (non-hydrogen) atoms. The van der Waals surface area contributed by atoms with Crippen molar-refractivity contribution in [2.24, 2.45) is 17.8 Å². The van der Waals surface area contributed by atoms with Gasteiger partial charge in [-0.3, -0.25) is 28.8 Å². The summed E-state index contributed by atoms with van der Waals surface area (Å²) in [6.45, 7) is 12.3. The molecule has 472 valence electrons. The van der Waals surface area contributed by atoms with Crippen molar-refractivity contribution < 1.29 is 47.7 Å². The maximum Gasteiger partial charge on any atom is 0.326 e. The number of hydrogen-bond donors (Lipinski definition) is 2. The van der Waals surface area contributed by atoms with E-state index in [-0.39, 0.29) is 69.8 Å². The molecule has 2 heterocycles. The monoisotopic (exact) mass is 1280 g/mol. The Morgan fingerprint density at radius 2 is 0.933 bits per heavy atom. The van der Waals surface area contributed by atoms with Gasteiger partial charge in [-0.25, -0.2) is 19.9 Å². The third kappa shape index (κ3) is 22.7. The van der Waals surface area contributed by atoms with E-state index in [2.05, 4.69) is 49.5 Å². The van der Waals surface area contributed by atoms with E-state index in [1.165, 1.54) is 53.9 Å². The van der Waals surface area contributed by atoms with Crippen LogP contribution in [0.4, 0.5) is 0 Å². The number of nitrogens with one attached hydrogen (secondary N) is 2. The van der Waals surface area contributed by atoms with Crippen LogP contribution in [0.15, 0.2) is 132 Å². The predicted molar refractivity (Wildman–Crippen MR) is 346 cm³/mol. The van der Waals surface area contributed by atoms with Crippen LogP contribution in [-0.2, 0) is 64.2 Å². The quantitative estimate of drug-likeness (QED) is 0.0570. The number of benzene rings is 4. The maximum atomic E-state index is 13.3. The molecule has 8 rings (SSSR count). The first kappa shape index (κ1) is 68.2. The number of halogens is 1. The molecule has 6 aromatic rings. The molecule has 1 saturated carbocycles. The molecule has 4 amide bonds. The number of methoxy groups -OCH3 is 2. The minimum atomic E-state index is -0.695. The number of hydrogen-bond acceptors (Lipinski definition) is 14. The summed E-state index contributed by atoms with van der Waals surface area (Å²) in [5.74, 6) is 2.78. The molecule has 0 saturated heterocycles. The average molecular weight is 1280 g/mol. The van der Waals surface area contributed by atoms with Crippen molar-refractivity contribution in [2.45, 2.75) is 137 Å². The number of amides is 4. The molecular weight excluding hydrogens is 1190 g/mol. The van der Waals surface area contributed by atoms with Crippen molar-refractivity contribution in [2.75, 3.05) is 40.4 Å². The van der Waals surface area contributed by atoms with Crippen LogP contribution in [0.1, 0.15) is 128 Å². The summed E-state index contributed by atoms with van der Waals surface area (Å²) in [5.41, 5.74) is 5.94. The van der Waals surface area contributed by atoms with Gasteiger partial charge in [0.25, 0.3) is 0 Å². The molecule has 1 fully saturated rings. The SMILES string of the molecule is CCC1CCC(C2CC=C(c3cnc(-c4ccc(CN(CC(=O)OC(C)(C)C)C(=O)CNC(=O)Cc5ccc(OC)cc5)cc4)nc3)CC2)CC1.COc1ccc(CC(=O)NCC(=O)N(CC(=O)OC(C)(C)C)Cc2ccc(-c3ncc(Br)cn3)cc2)cc1. The first-order valence-electron chi connectivity index (χ1n) is 30.5. The third-order valence-electron chi connectivity index (χ3n) is 15.5. The molecule has 0 bridgehead atoms. The second-order valence-electron chi connectivity index (χ2n) is 24.6. The summed E-state index contributed by atoms with van der Waals surface area (Å²) >= 11 is 3.32. The Bertz CT molecular complexity index is 3320. The Hall–Kier alpha value is -8.32. The number of carbonyl (C=O) groups is 6. The van der Waals surface area contributed by atoms with E-state index in [1.54, 1.807) is 117 Å². The van der Waals surface area contributed by atoms with Crippen LogP contribution in [0.2, 0.25) is 0 Å². The van der Waals surface area contributed by atoms with Gasteiger partial charge in [0.15, 0.2) is 11.6 Å². The highest BCUT2D eigenvalue weighted by Crippen LogP contribution is 2.42. The molecule has 2 aliphatic rings. The lowest BCUT2D eigenvalue weighted by Crippen LogP contribution is -2.43. The van der Waals surface area contributed by atoms with Crippen molar-refractivity contribution in [1.29, 1.82) is 0 Å². The lowest BCUT2D eigenvalue weighted by molar-refractivity contribution is -0.159. The van der Waals surface area contributed by atoms with E-state index in [1.807, 2.05) is 60.9 Å². The molecular formula is C70H85BrN8O10. The summed E-state index contributed by atoms with van der Waals surface area (Å²) in [6, 6.07) is 29.3. The molecule has 4 aromatic carbocycles. The smallest absolute Gasteiger partial charge is 0.326 e. The highest BCUT2D eigenvalue weighted by molar-refractivity contribution is 9.10. The number of aromatic nitrogens is 4. The first-order chi connectivity index (χ1) is 42.5. The van der Waals surface area contributed by atoms with E-state index in [0.717, 1.165) is 74.0 Å². The van der Waals surface area contributed by atoms with Crippen LogP contribution in [0.3, 0.4) is 0 Å². The summed E-state index contributed by atoms with van der Waals surface area (Å²) < 4.78 is 22.0. The number of carbonyl (C=O) groups excluding carboxylic acids is 6. The van der Waals surface area contributed by atoms with Crippen LogP contribution in [0.25, 0.3) is 28.3 Å². The molecule has 18 nitrogen and oxygen atoms in total. The molecule has 0 spiro atoms. The van der Waals surface area contributed by atoms with Gasteiger partial charge in [0.2, 0.25) is 23.6 Å². The zero-order valence-electron chi connectivity index (χ0n) is 52.8. The molecule has 2 aliphatic carbocycles. The van der Waals surface area contributed by atoms with Gasteiger partial charge < -0.3 is 39.4 Å². The Morgan fingerprint density at radius 1 is 0.528 bits per heavy atom. The highest BCUT2D eigenvalue weighted by atomic mass is 79.9. The van der Waals surface area contributed by atoms with Crippen molar-refractivity contribution in [3.05, 3.63) is 160 Å². The largest absolute Gasteiger partial charge is 0.497 e. The van der Waals surface area contributed by atoms with Crippen LogP contribution < -0.4 is 20.1 Å². The highest BCUT2D eigenvalue weighted by Gasteiger charge is 2.29. The zero-order chi connectivity index (χ0) is 64.1.